The third kappa shape index (κ3) is 9.11. The van der Waals surface area contributed by atoms with Gasteiger partial charge in [0.05, 0.1) is 18.3 Å². The van der Waals surface area contributed by atoms with Gasteiger partial charge in [0.15, 0.2) is 0 Å². The number of ether oxygens (including phenoxy) is 2. The van der Waals surface area contributed by atoms with Crippen LogP contribution in [-0.4, -0.2) is 23.5 Å². The van der Waals surface area contributed by atoms with E-state index in [4.69, 9.17) is 14.5 Å². The first kappa shape index (κ1) is 31.2. The summed E-state index contributed by atoms with van der Waals surface area (Å²) < 4.78 is 24.8. The summed E-state index contributed by atoms with van der Waals surface area (Å²) in [5.41, 5.74) is 3.71. The van der Waals surface area contributed by atoms with Gasteiger partial charge in [0.25, 0.3) is 0 Å². The van der Waals surface area contributed by atoms with Gasteiger partial charge in [-0.3, -0.25) is 4.79 Å². The fraction of sp³-hybridized carbons (Fsp3) is 0.382. The van der Waals surface area contributed by atoms with Crippen LogP contribution in [0.5, 0.6) is 5.75 Å². The molecule has 1 atom stereocenters. The molecule has 1 heterocycles. The molecule has 222 valence electrons. The molecule has 0 aliphatic heterocycles. The molecule has 0 unspecified atom stereocenters. The average Bonchev–Trinajstić information content (AvgIpc) is 3.45. The number of benzene rings is 2. The van der Waals surface area contributed by atoms with Crippen LogP contribution in [0, 0.1) is 11.7 Å². The number of carbonyl (C=O) groups is 2. The normalized spacial score (nSPS) is 15.2. The Bertz CT molecular complexity index is 1410. The van der Waals surface area contributed by atoms with Crippen LogP contribution in [0.1, 0.15) is 80.7 Å². The zero-order chi connectivity index (χ0) is 29.9. The Balaban J connectivity index is 1.48. The number of thiazole rings is 1. The van der Waals surface area contributed by atoms with Gasteiger partial charge in [-0.05, 0) is 81.5 Å². The van der Waals surface area contributed by atoms with Crippen LogP contribution in [-0.2, 0) is 27.4 Å². The van der Waals surface area contributed by atoms with Crippen LogP contribution >= 0.6 is 11.3 Å². The van der Waals surface area contributed by atoms with Crippen molar-refractivity contribution >= 4 is 29.3 Å². The summed E-state index contributed by atoms with van der Waals surface area (Å²) in [6.45, 7) is 5.91. The molecule has 1 aliphatic rings. The Kier molecular flexibility index (Phi) is 11.5. The first-order chi connectivity index (χ1) is 20.3. The largest absolute Gasteiger partial charge is 0.489 e. The number of halogens is 1. The van der Waals surface area contributed by atoms with Crippen molar-refractivity contribution in [1.29, 1.82) is 0 Å². The molecule has 0 bridgehead atoms. The Morgan fingerprint density at radius 3 is 2.55 bits per heavy atom. The van der Waals surface area contributed by atoms with E-state index in [0.717, 1.165) is 47.5 Å². The minimum Gasteiger partial charge on any atom is -0.489 e. The van der Waals surface area contributed by atoms with Gasteiger partial charge in [-0.15, -0.1) is 11.3 Å². The van der Waals surface area contributed by atoms with Crippen molar-refractivity contribution in [2.75, 3.05) is 6.61 Å². The first-order valence-corrected chi connectivity index (χ1v) is 15.4. The highest BCUT2D eigenvalue weighted by Gasteiger charge is 2.25. The van der Waals surface area contributed by atoms with Gasteiger partial charge in [-0.25, -0.2) is 14.2 Å². The Labute approximate surface area is 251 Å². The van der Waals surface area contributed by atoms with Crippen molar-refractivity contribution in [3.8, 4) is 5.75 Å². The summed E-state index contributed by atoms with van der Waals surface area (Å²) in [5, 5.41) is 6.08. The van der Waals surface area contributed by atoms with Crippen LogP contribution in [0.3, 0.4) is 0 Å². The van der Waals surface area contributed by atoms with E-state index in [1.54, 1.807) is 38.1 Å². The molecule has 2 aromatic carbocycles. The smallest absolute Gasteiger partial charge is 0.333 e. The molecule has 1 saturated carbocycles. The van der Waals surface area contributed by atoms with Crippen molar-refractivity contribution in [2.45, 2.75) is 71.9 Å². The topological polar surface area (TPSA) is 77.5 Å². The predicted molar refractivity (Wildman–Crippen MR) is 164 cm³/mol. The molecule has 0 spiro atoms. The Morgan fingerprint density at radius 2 is 1.83 bits per heavy atom. The number of hydrogen-bond donors (Lipinski definition) is 1. The van der Waals surface area contributed by atoms with Gasteiger partial charge < -0.3 is 14.8 Å². The number of aromatic nitrogens is 1. The summed E-state index contributed by atoms with van der Waals surface area (Å²) in [7, 11) is 0. The molecule has 1 N–H and O–H groups in total. The lowest BCUT2D eigenvalue weighted by atomic mass is 9.88. The first-order valence-electron chi connectivity index (χ1n) is 14.6. The number of allylic oxidation sites excluding steroid dienone is 2. The summed E-state index contributed by atoms with van der Waals surface area (Å²) in [4.78, 5) is 30.1. The molecule has 1 aromatic heterocycles. The van der Waals surface area contributed by atoms with Crippen molar-refractivity contribution in [2.24, 2.45) is 5.92 Å². The number of esters is 1. The summed E-state index contributed by atoms with van der Waals surface area (Å²) >= 11 is 1.51. The number of nitrogens with one attached hydrogen (secondary N) is 1. The SMILES string of the molecule is CCOC(=O)C(C)=CC(C)=Cc1csc([C@H](Cc2ccc(OCc3ccccc3F)cc2)NC(=O)C2CCCCC2)n1. The second-order valence-electron chi connectivity index (χ2n) is 10.7. The fourth-order valence-corrected chi connectivity index (χ4v) is 5.86. The fourth-order valence-electron chi connectivity index (χ4n) is 5.04. The third-order valence-electron chi connectivity index (χ3n) is 7.26. The monoisotopic (exact) mass is 590 g/mol. The van der Waals surface area contributed by atoms with Crippen LogP contribution in [0.2, 0.25) is 0 Å². The minimum atomic E-state index is -0.335. The van der Waals surface area contributed by atoms with E-state index < -0.39 is 0 Å². The maximum Gasteiger partial charge on any atom is 0.333 e. The molecule has 0 saturated heterocycles. The molecular weight excluding hydrogens is 551 g/mol. The molecule has 8 heteroatoms. The summed E-state index contributed by atoms with van der Waals surface area (Å²) in [5.74, 6) is 0.143. The summed E-state index contributed by atoms with van der Waals surface area (Å²) in [6.07, 6.45) is 9.48. The quantitative estimate of drug-likeness (QED) is 0.133. The lowest BCUT2D eigenvalue weighted by Crippen LogP contribution is -2.35. The van der Waals surface area contributed by atoms with E-state index in [9.17, 15) is 14.0 Å². The van der Waals surface area contributed by atoms with Crippen LogP contribution < -0.4 is 10.1 Å². The second kappa shape index (κ2) is 15.4. The highest BCUT2D eigenvalue weighted by Crippen LogP contribution is 2.28. The Morgan fingerprint density at radius 1 is 1.10 bits per heavy atom. The van der Waals surface area contributed by atoms with Gasteiger partial charge in [-0.2, -0.15) is 0 Å². The van der Waals surface area contributed by atoms with E-state index in [1.165, 1.54) is 23.8 Å². The van der Waals surface area contributed by atoms with Crippen molar-refractivity contribution < 1.29 is 23.5 Å². The number of nitrogens with zero attached hydrogens (tertiary/aromatic N) is 1. The van der Waals surface area contributed by atoms with Gasteiger partial charge in [0.1, 0.15) is 23.2 Å². The third-order valence-corrected chi connectivity index (χ3v) is 8.24. The zero-order valence-corrected chi connectivity index (χ0v) is 25.3. The summed E-state index contributed by atoms with van der Waals surface area (Å²) in [6, 6.07) is 14.0. The van der Waals surface area contributed by atoms with Crippen molar-refractivity contribution in [3.05, 3.63) is 98.8 Å². The van der Waals surface area contributed by atoms with Gasteiger partial charge in [-0.1, -0.05) is 49.6 Å². The van der Waals surface area contributed by atoms with E-state index in [-0.39, 0.29) is 36.3 Å². The maximum atomic E-state index is 13.9. The molecule has 1 amide bonds. The lowest BCUT2D eigenvalue weighted by Gasteiger charge is -2.24. The maximum absolute atomic E-state index is 13.9. The molecule has 1 fully saturated rings. The van der Waals surface area contributed by atoms with Crippen molar-refractivity contribution in [1.82, 2.24) is 10.3 Å². The second-order valence-corrected chi connectivity index (χ2v) is 11.6. The molecular formula is C34H39FN2O4S. The molecule has 3 aromatic rings. The minimum absolute atomic E-state index is 0.0352. The molecule has 1 aliphatic carbocycles. The lowest BCUT2D eigenvalue weighted by molar-refractivity contribution is -0.138. The molecule has 0 radical (unpaired) electrons. The highest BCUT2D eigenvalue weighted by atomic mass is 32.1. The van der Waals surface area contributed by atoms with Crippen molar-refractivity contribution in [3.63, 3.8) is 0 Å². The van der Waals surface area contributed by atoms with Crippen LogP contribution in [0.15, 0.2) is 71.1 Å². The highest BCUT2D eigenvalue weighted by molar-refractivity contribution is 7.09. The molecule has 6 nitrogen and oxygen atoms in total. The number of rotatable bonds is 12. The van der Waals surface area contributed by atoms with E-state index >= 15 is 0 Å². The van der Waals surface area contributed by atoms with Gasteiger partial charge >= 0.3 is 5.97 Å². The molecule has 42 heavy (non-hydrogen) atoms. The van der Waals surface area contributed by atoms with Gasteiger partial charge in [0, 0.05) is 22.4 Å². The average molecular weight is 591 g/mol. The van der Waals surface area contributed by atoms with Crippen LogP contribution in [0.25, 0.3) is 6.08 Å². The number of hydrogen-bond acceptors (Lipinski definition) is 6. The predicted octanol–water partition coefficient (Wildman–Crippen LogP) is 7.75. The number of amides is 1. The zero-order valence-electron chi connectivity index (χ0n) is 24.5. The van der Waals surface area contributed by atoms with Crippen LogP contribution in [0.4, 0.5) is 4.39 Å². The van der Waals surface area contributed by atoms with E-state index in [2.05, 4.69) is 5.32 Å². The standard InChI is InChI=1S/C34H39FN2O4S/c1-4-40-34(39)24(3)18-23(2)19-28-22-42-33(36-28)31(37-32(38)26-10-6-5-7-11-26)20-25-14-16-29(17-15-25)41-21-27-12-8-9-13-30(27)35/h8-9,12-19,22,26,31H,4-7,10-11,20-21H2,1-3H3,(H,37,38)/t31-/m0/s1. The molecule has 4 rings (SSSR count). The Hall–Kier alpha value is -3.78. The van der Waals surface area contributed by atoms with E-state index in [1.807, 2.05) is 42.6 Å². The number of carbonyl (C=O) groups excluding carboxylic acids is 2. The van der Waals surface area contributed by atoms with Gasteiger partial charge in [0.2, 0.25) is 5.91 Å². The van der Waals surface area contributed by atoms with E-state index in [0.29, 0.717) is 29.9 Å².